The topological polar surface area (TPSA) is 93.0 Å². The van der Waals surface area contributed by atoms with Crippen molar-refractivity contribution in [3.05, 3.63) is 39.6 Å². The molecule has 1 fully saturated rings. The van der Waals surface area contributed by atoms with E-state index in [9.17, 15) is 4.79 Å². The highest BCUT2D eigenvalue weighted by molar-refractivity contribution is 7.16. The van der Waals surface area contributed by atoms with Crippen LogP contribution in [0.4, 0.5) is 5.69 Å². The number of nitrogens with one attached hydrogen (secondary N) is 2. The van der Waals surface area contributed by atoms with E-state index in [0.717, 1.165) is 42.0 Å². The van der Waals surface area contributed by atoms with Crippen LogP contribution in [0.2, 0.25) is 0 Å². The first kappa shape index (κ1) is 14.4. The van der Waals surface area contributed by atoms with Crippen molar-refractivity contribution in [2.24, 2.45) is 0 Å². The molecule has 7 nitrogen and oxygen atoms in total. The van der Waals surface area contributed by atoms with Crippen LogP contribution in [0.3, 0.4) is 0 Å². The third-order valence-electron chi connectivity index (χ3n) is 3.92. The van der Waals surface area contributed by atoms with Gasteiger partial charge in [-0.3, -0.25) is 4.79 Å². The zero-order valence-electron chi connectivity index (χ0n) is 12.4. The molecule has 3 heterocycles. The second-order valence-electron chi connectivity index (χ2n) is 5.51. The van der Waals surface area contributed by atoms with E-state index in [1.165, 1.54) is 11.3 Å². The van der Waals surface area contributed by atoms with Gasteiger partial charge in [0.2, 0.25) is 5.89 Å². The predicted molar refractivity (Wildman–Crippen MR) is 86.9 cm³/mol. The van der Waals surface area contributed by atoms with Crippen LogP contribution in [0.15, 0.2) is 27.5 Å². The number of thiazole rings is 1. The van der Waals surface area contributed by atoms with Crippen LogP contribution in [0, 0.1) is 0 Å². The molecule has 120 valence electrons. The Morgan fingerprint density at radius 1 is 1.35 bits per heavy atom. The molecule has 0 atom stereocenters. The summed E-state index contributed by atoms with van der Waals surface area (Å²) in [6.45, 7) is 1.98. The van der Waals surface area contributed by atoms with Crippen LogP contribution in [0.25, 0.3) is 10.2 Å². The Labute approximate surface area is 135 Å². The lowest BCUT2D eigenvalue weighted by Gasteiger charge is -2.17. The van der Waals surface area contributed by atoms with Crippen molar-refractivity contribution in [2.75, 3.05) is 18.5 Å². The van der Waals surface area contributed by atoms with Crippen molar-refractivity contribution < 1.29 is 9.26 Å². The number of hydrogen-bond acceptors (Lipinski definition) is 7. The Morgan fingerprint density at radius 3 is 3.09 bits per heavy atom. The van der Waals surface area contributed by atoms with Gasteiger partial charge in [-0.2, -0.15) is 4.98 Å². The van der Waals surface area contributed by atoms with Gasteiger partial charge >= 0.3 is 4.87 Å². The normalized spacial score (nSPS) is 16.0. The predicted octanol–water partition coefficient (Wildman–Crippen LogP) is 2.48. The highest BCUT2D eigenvalue weighted by Gasteiger charge is 2.21. The number of aromatic nitrogens is 3. The Balaban J connectivity index is 1.43. The minimum atomic E-state index is -0.0450. The Hall–Kier alpha value is -2.19. The molecule has 8 heteroatoms. The molecule has 2 N–H and O–H groups in total. The second-order valence-corrected chi connectivity index (χ2v) is 6.53. The Bertz CT molecular complexity index is 863. The first-order valence-electron chi connectivity index (χ1n) is 7.55. The number of aromatic amines is 1. The lowest BCUT2D eigenvalue weighted by molar-refractivity contribution is 0.0778. The number of anilines is 1. The first-order valence-corrected chi connectivity index (χ1v) is 8.36. The van der Waals surface area contributed by atoms with Crippen LogP contribution in [-0.2, 0) is 11.3 Å². The smallest absolute Gasteiger partial charge is 0.305 e. The summed E-state index contributed by atoms with van der Waals surface area (Å²) < 4.78 is 11.7. The van der Waals surface area contributed by atoms with Crippen molar-refractivity contribution in [3.8, 4) is 0 Å². The molecular formula is C15H16N4O3S. The van der Waals surface area contributed by atoms with Crippen molar-refractivity contribution in [2.45, 2.75) is 25.3 Å². The number of H-pyrrole nitrogens is 1. The van der Waals surface area contributed by atoms with E-state index in [1.807, 2.05) is 18.2 Å². The molecule has 23 heavy (non-hydrogen) atoms. The third kappa shape index (κ3) is 3.13. The van der Waals surface area contributed by atoms with Crippen molar-refractivity contribution in [1.82, 2.24) is 15.1 Å². The number of benzene rings is 1. The fourth-order valence-corrected chi connectivity index (χ4v) is 3.41. The summed E-state index contributed by atoms with van der Waals surface area (Å²) in [5, 5.41) is 7.28. The van der Waals surface area contributed by atoms with Crippen molar-refractivity contribution >= 4 is 27.2 Å². The molecule has 0 spiro atoms. The molecule has 3 aromatic rings. The van der Waals surface area contributed by atoms with Gasteiger partial charge in [-0.25, -0.2) is 0 Å². The van der Waals surface area contributed by atoms with Crippen LogP contribution < -0.4 is 10.2 Å². The molecule has 0 radical (unpaired) electrons. The summed E-state index contributed by atoms with van der Waals surface area (Å²) in [6.07, 6.45) is 1.86. The summed E-state index contributed by atoms with van der Waals surface area (Å²) in [5.74, 6) is 1.63. The SMILES string of the molecule is O=c1[nH]c2cc(NCc3noc(C4CCOCC4)n3)ccc2s1. The summed E-state index contributed by atoms with van der Waals surface area (Å²) in [7, 11) is 0. The maximum absolute atomic E-state index is 11.3. The standard InChI is InChI=1S/C15H16N4O3S/c20-15-17-11-7-10(1-2-12(11)23-15)16-8-13-18-14(22-19-13)9-3-5-21-6-4-9/h1-2,7,9,16H,3-6,8H2,(H,17,20). The zero-order chi connectivity index (χ0) is 15.6. The maximum Gasteiger partial charge on any atom is 0.305 e. The van der Waals surface area contributed by atoms with Crippen LogP contribution >= 0.6 is 11.3 Å². The summed E-state index contributed by atoms with van der Waals surface area (Å²) >= 11 is 1.21. The lowest BCUT2D eigenvalue weighted by Crippen LogP contribution is -2.14. The van der Waals surface area contributed by atoms with Crippen LogP contribution in [0.1, 0.15) is 30.5 Å². The Morgan fingerprint density at radius 2 is 2.22 bits per heavy atom. The third-order valence-corrected chi connectivity index (χ3v) is 4.79. The quantitative estimate of drug-likeness (QED) is 0.762. The number of fused-ring (bicyclic) bond motifs is 1. The van der Waals surface area contributed by atoms with Gasteiger partial charge in [0.25, 0.3) is 0 Å². The number of ether oxygens (including phenoxy) is 1. The van der Waals surface area contributed by atoms with Crippen molar-refractivity contribution in [3.63, 3.8) is 0 Å². The fourth-order valence-electron chi connectivity index (χ4n) is 2.69. The highest BCUT2D eigenvalue weighted by atomic mass is 32.1. The fraction of sp³-hybridized carbons (Fsp3) is 0.400. The van der Waals surface area contributed by atoms with Gasteiger partial charge < -0.3 is 19.6 Å². The molecule has 1 aromatic carbocycles. The summed E-state index contributed by atoms with van der Waals surface area (Å²) in [5.41, 5.74) is 1.74. The average molecular weight is 332 g/mol. The molecule has 2 aromatic heterocycles. The number of nitrogens with zero attached hydrogens (tertiary/aromatic N) is 2. The summed E-state index contributed by atoms with van der Waals surface area (Å²) in [4.78, 5) is 18.6. The molecule has 0 unspecified atom stereocenters. The Kier molecular flexibility index (Phi) is 3.84. The average Bonchev–Trinajstić information content (AvgIpc) is 3.18. The molecule has 1 saturated heterocycles. The molecule has 0 aliphatic carbocycles. The molecule has 1 aliphatic heterocycles. The molecule has 1 aliphatic rings. The van der Waals surface area contributed by atoms with Crippen molar-refractivity contribution in [1.29, 1.82) is 0 Å². The monoisotopic (exact) mass is 332 g/mol. The van der Waals surface area contributed by atoms with E-state index in [2.05, 4.69) is 20.4 Å². The van der Waals surface area contributed by atoms with Gasteiger partial charge in [0.05, 0.1) is 16.8 Å². The van der Waals surface area contributed by atoms with Gasteiger partial charge in [-0.1, -0.05) is 16.5 Å². The first-order chi connectivity index (χ1) is 11.3. The highest BCUT2D eigenvalue weighted by Crippen LogP contribution is 2.25. The zero-order valence-corrected chi connectivity index (χ0v) is 13.2. The van der Waals surface area contributed by atoms with E-state index in [1.54, 1.807) is 0 Å². The molecule has 4 rings (SSSR count). The maximum atomic E-state index is 11.3. The molecule has 0 saturated carbocycles. The molecule has 0 amide bonds. The minimum Gasteiger partial charge on any atom is -0.381 e. The largest absolute Gasteiger partial charge is 0.381 e. The van der Waals surface area contributed by atoms with E-state index in [4.69, 9.17) is 9.26 Å². The van der Waals surface area contributed by atoms with Gasteiger partial charge in [-0.15, -0.1) is 0 Å². The second kappa shape index (κ2) is 6.13. The van der Waals surface area contributed by atoms with Gasteiger partial charge in [0, 0.05) is 24.8 Å². The van der Waals surface area contributed by atoms with Gasteiger partial charge in [0.1, 0.15) is 0 Å². The van der Waals surface area contributed by atoms with Crippen LogP contribution in [-0.4, -0.2) is 28.3 Å². The molecular weight excluding hydrogens is 316 g/mol. The minimum absolute atomic E-state index is 0.0450. The number of rotatable bonds is 4. The van der Waals surface area contributed by atoms with Gasteiger partial charge in [0.15, 0.2) is 5.82 Å². The number of hydrogen-bond donors (Lipinski definition) is 2. The lowest BCUT2D eigenvalue weighted by atomic mass is 10.0. The van der Waals surface area contributed by atoms with Crippen LogP contribution in [0.5, 0.6) is 0 Å². The summed E-state index contributed by atoms with van der Waals surface area (Å²) in [6, 6.07) is 5.77. The van der Waals surface area contributed by atoms with E-state index in [-0.39, 0.29) is 4.87 Å². The van der Waals surface area contributed by atoms with E-state index in [0.29, 0.717) is 24.2 Å². The van der Waals surface area contributed by atoms with E-state index >= 15 is 0 Å². The van der Waals surface area contributed by atoms with E-state index < -0.39 is 0 Å². The van der Waals surface area contributed by atoms with Gasteiger partial charge in [-0.05, 0) is 31.0 Å². The molecule has 0 bridgehead atoms.